The molecule has 156 valence electrons. The molecule has 5 rings (SSSR count). The van der Waals surface area contributed by atoms with Gasteiger partial charge < -0.3 is 14.6 Å². The van der Waals surface area contributed by atoms with Crippen LogP contribution in [0.3, 0.4) is 0 Å². The zero-order valence-corrected chi connectivity index (χ0v) is 17.6. The SMILES string of the molecule is C[C@@H](c1ccccc1)N(CCc1c[nH]c2ccccc12)C(=O)[C@H]1O[C@@H]1c1ccccc1. The van der Waals surface area contributed by atoms with Gasteiger partial charge in [0.15, 0.2) is 6.10 Å². The summed E-state index contributed by atoms with van der Waals surface area (Å²) in [6, 6.07) is 28.5. The van der Waals surface area contributed by atoms with Gasteiger partial charge in [0.05, 0.1) is 6.04 Å². The molecule has 0 spiro atoms. The fourth-order valence-corrected chi connectivity index (χ4v) is 4.35. The summed E-state index contributed by atoms with van der Waals surface area (Å²) in [4.78, 5) is 18.8. The van der Waals surface area contributed by atoms with Gasteiger partial charge in [0.2, 0.25) is 0 Å². The van der Waals surface area contributed by atoms with Crippen LogP contribution in [-0.4, -0.2) is 28.4 Å². The first-order chi connectivity index (χ1) is 15.2. The van der Waals surface area contributed by atoms with Crippen molar-refractivity contribution in [2.75, 3.05) is 6.54 Å². The van der Waals surface area contributed by atoms with Crippen molar-refractivity contribution in [3.63, 3.8) is 0 Å². The van der Waals surface area contributed by atoms with E-state index in [9.17, 15) is 4.79 Å². The number of aromatic amines is 1. The maximum Gasteiger partial charge on any atom is 0.255 e. The van der Waals surface area contributed by atoms with E-state index in [0.29, 0.717) is 6.54 Å². The molecule has 0 aliphatic carbocycles. The molecule has 1 amide bonds. The minimum absolute atomic E-state index is 0.0282. The van der Waals surface area contributed by atoms with Gasteiger partial charge >= 0.3 is 0 Å². The van der Waals surface area contributed by atoms with E-state index in [-0.39, 0.29) is 18.1 Å². The number of nitrogens with one attached hydrogen (secondary N) is 1. The second-order valence-corrected chi connectivity index (χ2v) is 8.12. The Balaban J connectivity index is 1.37. The van der Waals surface area contributed by atoms with Gasteiger partial charge in [0.1, 0.15) is 6.10 Å². The Morgan fingerprint density at radius 1 is 0.968 bits per heavy atom. The molecule has 1 aliphatic heterocycles. The van der Waals surface area contributed by atoms with E-state index in [1.54, 1.807) is 0 Å². The number of ether oxygens (including phenoxy) is 1. The fraction of sp³-hybridized carbons (Fsp3) is 0.222. The van der Waals surface area contributed by atoms with E-state index < -0.39 is 6.10 Å². The summed E-state index contributed by atoms with van der Waals surface area (Å²) >= 11 is 0. The third kappa shape index (κ3) is 3.99. The Hall–Kier alpha value is -3.37. The summed E-state index contributed by atoms with van der Waals surface area (Å²) in [6.07, 6.45) is 2.29. The normalized spacial score (nSPS) is 18.6. The molecule has 1 fully saturated rings. The van der Waals surface area contributed by atoms with E-state index in [0.717, 1.165) is 23.1 Å². The number of rotatable bonds is 7. The molecule has 1 saturated heterocycles. The average Bonchev–Trinajstić information content (AvgIpc) is 3.54. The molecular weight excluding hydrogens is 384 g/mol. The van der Waals surface area contributed by atoms with Gasteiger partial charge in [-0.15, -0.1) is 0 Å². The summed E-state index contributed by atoms with van der Waals surface area (Å²) in [7, 11) is 0. The summed E-state index contributed by atoms with van der Waals surface area (Å²) in [5, 5.41) is 1.21. The topological polar surface area (TPSA) is 48.6 Å². The van der Waals surface area contributed by atoms with Crippen LogP contribution >= 0.6 is 0 Å². The number of aromatic nitrogens is 1. The van der Waals surface area contributed by atoms with Crippen LogP contribution in [0.5, 0.6) is 0 Å². The molecule has 0 saturated carbocycles. The van der Waals surface area contributed by atoms with E-state index in [1.807, 2.05) is 59.5 Å². The molecule has 4 aromatic rings. The van der Waals surface area contributed by atoms with Gasteiger partial charge in [-0.2, -0.15) is 0 Å². The molecule has 1 aliphatic rings. The Labute approximate surface area is 182 Å². The second-order valence-electron chi connectivity index (χ2n) is 8.12. The van der Waals surface area contributed by atoms with Gasteiger partial charge in [0, 0.05) is 23.6 Å². The lowest BCUT2D eigenvalue weighted by Crippen LogP contribution is -2.38. The molecule has 4 heteroatoms. The molecule has 0 bridgehead atoms. The van der Waals surface area contributed by atoms with Gasteiger partial charge in [-0.05, 0) is 36.1 Å². The monoisotopic (exact) mass is 410 g/mol. The quantitative estimate of drug-likeness (QED) is 0.413. The van der Waals surface area contributed by atoms with Crippen LogP contribution < -0.4 is 0 Å². The van der Waals surface area contributed by atoms with Crippen molar-refractivity contribution in [2.45, 2.75) is 31.6 Å². The highest BCUT2D eigenvalue weighted by atomic mass is 16.6. The molecule has 31 heavy (non-hydrogen) atoms. The van der Waals surface area contributed by atoms with Gasteiger partial charge in [-0.3, -0.25) is 4.79 Å². The Morgan fingerprint density at radius 2 is 1.65 bits per heavy atom. The zero-order chi connectivity index (χ0) is 21.2. The van der Waals surface area contributed by atoms with Crippen LogP contribution in [0, 0.1) is 0 Å². The first-order valence-corrected chi connectivity index (χ1v) is 10.8. The predicted octanol–water partition coefficient (Wildman–Crippen LogP) is 5.44. The fourth-order valence-electron chi connectivity index (χ4n) is 4.35. The average molecular weight is 411 g/mol. The minimum atomic E-state index is -0.406. The minimum Gasteiger partial charge on any atom is -0.361 e. The number of hydrogen-bond acceptors (Lipinski definition) is 2. The predicted molar refractivity (Wildman–Crippen MR) is 123 cm³/mol. The molecule has 3 atom stereocenters. The van der Waals surface area contributed by atoms with Crippen LogP contribution in [0.15, 0.2) is 91.1 Å². The van der Waals surface area contributed by atoms with Gasteiger partial charge in [-0.1, -0.05) is 78.9 Å². The summed E-state index contributed by atoms with van der Waals surface area (Å²) in [5.41, 5.74) is 4.54. The number of carbonyl (C=O) groups is 1. The van der Waals surface area contributed by atoms with E-state index in [2.05, 4.69) is 48.4 Å². The zero-order valence-electron chi connectivity index (χ0n) is 17.6. The number of fused-ring (bicyclic) bond motifs is 1. The van der Waals surface area contributed by atoms with Crippen molar-refractivity contribution in [2.24, 2.45) is 0 Å². The van der Waals surface area contributed by atoms with Crippen molar-refractivity contribution in [1.29, 1.82) is 0 Å². The van der Waals surface area contributed by atoms with Crippen LogP contribution in [0.25, 0.3) is 10.9 Å². The van der Waals surface area contributed by atoms with Gasteiger partial charge in [-0.25, -0.2) is 0 Å². The lowest BCUT2D eigenvalue weighted by atomic mass is 10.0. The van der Waals surface area contributed by atoms with Crippen LogP contribution in [0.2, 0.25) is 0 Å². The Kier molecular flexibility index (Phi) is 5.31. The Bertz CT molecular complexity index is 1170. The molecule has 1 aromatic heterocycles. The van der Waals surface area contributed by atoms with Crippen molar-refractivity contribution >= 4 is 16.8 Å². The Morgan fingerprint density at radius 3 is 2.42 bits per heavy atom. The molecule has 2 heterocycles. The number of hydrogen-bond donors (Lipinski definition) is 1. The third-order valence-corrected chi connectivity index (χ3v) is 6.19. The standard InChI is InChI=1S/C27H26N2O2/c1-19(20-10-4-2-5-11-20)29(17-16-22-18-28-24-15-9-8-14-23(22)24)27(30)26-25(31-26)21-12-6-3-7-13-21/h2-15,18-19,25-26,28H,16-17H2,1H3/t19-,25+,26-/m0/s1. The van der Waals surface area contributed by atoms with Crippen LogP contribution in [0.4, 0.5) is 0 Å². The third-order valence-electron chi connectivity index (χ3n) is 6.19. The number of amides is 1. The molecule has 0 radical (unpaired) electrons. The van der Waals surface area contributed by atoms with Crippen molar-refractivity contribution < 1.29 is 9.53 Å². The summed E-state index contributed by atoms with van der Waals surface area (Å²) in [6.45, 7) is 2.74. The van der Waals surface area contributed by atoms with Crippen molar-refractivity contribution in [1.82, 2.24) is 9.88 Å². The number of carbonyl (C=O) groups excluding carboxylic acids is 1. The highest BCUT2D eigenvalue weighted by molar-refractivity contribution is 5.85. The second kappa shape index (κ2) is 8.40. The summed E-state index contributed by atoms with van der Waals surface area (Å²) < 4.78 is 5.84. The van der Waals surface area contributed by atoms with Crippen LogP contribution in [-0.2, 0) is 16.0 Å². The number of nitrogens with zero attached hydrogens (tertiary/aromatic N) is 1. The van der Waals surface area contributed by atoms with Crippen LogP contribution in [0.1, 0.15) is 35.8 Å². The van der Waals surface area contributed by atoms with E-state index >= 15 is 0 Å². The highest BCUT2D eigenvalue weighted by Gasteiger charge is 2.48. The number of benzene rings is 3. The molecule has 0 unspecified atom stereocenters. The lowest BCUT2D eigenvalue weighted by molar-refractivity contribution is -0.134. The summed E-state index contributed by atoms with van der Waals surface area (Å²) in [5.74, 6) is 0.0602. The molecule has 3 aromatic carbocycles. The lowest BCUT2D eigenvalue weighted by Gasteiger charge is -2.29. The maximum absolute atomic E-state index is 13.5. The van der Waals surface area contributed by atoms with Crippen molar-refractivity contribution in [3.8, 4) is 0 Å². The highest BCUT2D eigenvalue weighted by Crippen LogP contribution is 2.41. The first kappa shape index (κ1) is 19.6. The molecular formula is C27H26N2O2. The number of H-pyrrole nitrogens is 1. The van der Waals surface area contributed by atoms with Crippen molar-refractivity contribution in [3.05, 3.63) is 108 Å². The van der Waals surface area contributed by atoms with E-state index in [1.165, 1.54) is 10.9 Å². The first-order valence-electron chi connectivity index (χ1n) is 10.8. The molecule has 1 N–H and O–H groups in total. The largest absolute Gasteiger partial charge is 0.361 e. The van der Waals surface area contributed by atoms with Gasteiger partial charge in [0.25, 0.3) is 5.91 Å². The smallest absolute Gasteiger partial charge is 0.255 e. The molecule has 4 nitrogen and oxygen atoms in total. The van der Waals surface area contributed by atoms with E-state index in [4.69, 9.17) is 4.74 Å². The number of epoxide rings is 1. The number of para-hydroxylation sites is 1. The maximum atomic E-state index is 13.5.